The van der Waals surface area contributed by atoms with Crippen molar-refractivity contribution in [3.05, 3.63) is 45.6 Å². The van der Waals surface area contributed by atoms with Crippen LogP contribution in [0.2, 0.25) is 0 Å². The molecule has 2 heterocycles. The van der Waals surface area contributed by atoms with Crippen LogP contribution in [0, 0.1) is 5.41 Å². The molecule has 108 valence electrons. The molecule has 1 aliphatic heterocycles. The van der Waals surface area contributed by atoms with Crippen molar-refractivity contribution in [3.63, 3.8) is 0 Å². The Morgan fingerprint density at radius 2 is 1.95 bits per heavy atom. The molecule has 0 unspecified atom stereocenters. The van der Waals surface area contributed by atoms with Gasteiger partial charge in [-0.1, -0.05) is 35.8 Å². The van der Waals surface area contributed by atoms with E-state index in [4.69, 9.17) is 0 Å². The summed E-state index contributed by atoms with van der Waals surface area (Å²) in [6.45, 7) is 5.38. The summed E-state index contributed by atoms with van der Waals surface area (Å²) in [5.74, 6) is 0.307. The minimum absolute atomic E-state index is 0.0825. The topological polar surface area (TPSA) is 22.0 Å². The van der Waals surface area contributed by atoms with Gasteiger partial charge in [0.15, 0.2) is 5.78 Å². The number of rotatable bonds is 0. The highest BCUT2D eigenvalue weighted by Gasteiger charge is 2.35. The molecule has 0 fully saturated rings. The van der Waals surface area contributed by atoms with Crippen molar-refractivity contribution in [2.45, 2.75) is 39.7 Å². The third-order valence-electron chi connectivity index (χ3n) is 4.74. The summed E-state index contributed by atoms with van der Waals surface area (Å²) in [4.78, 5) is 12.5. The lowest BCUT2D eigenvalue weighted by Gasteiger charge is -2.30. The van der Waals surface area contributed by atoms with Gasteiger partial charge in [-0.25, -0.2) is 0 Å². The van der Waals surface area contributed by atoms with Crippen LogP contribution in [0.4, 0.5) is 0 Å². The van der Waals surface area contributed by atoms with E-state index in [1.54, 1.807) is 0 Å². The van der Waals surface area contributed by atoms with Gasteiger partial charge in [-0.15, -0.1) is 0 Å². The van der Waals surface area contributed by atoms with Crippen LogP contribution >= 0.6 is 15.9 Å². The minimum Gasteiger partial charge on any atom is -0.344 e. The second-order valence-electron chi connectivity index (χ2n) is 7.03. The third-order valence-corrected chi connectivity index (χ3v) is 5.24. The molecule has 0 bridgehead atoms. The zero-order valence-corrected chi connectivity index (χ0v) is 14.0. The normalized spacial score (nSPS) is 18.9. The van der Waals surface area contributed by atoms with E-state index < -0.39 is 0 Å². The lowest BCUT2D eigenvalue weighted by molar-refractivity contribution is 0.0910. The summed E-state index contributed by atoms with van der Waals surface area (Å²) in [6.07, 6.45) is 2.70. The molecule has 0 spiro atoms. The highest BCUT2D eigenvalue weighted by atomic mass is 79.9. The van der Waals surface area contributed by atoms with Gasteiger partial charge in [-0.05, 0) is 42.0 Å². The Kier molecular flexibility index (Phi) is 2.74. The molecular weight excluding hydrogens is 326 g/mol. The maximum atomic E-state index is 12.5. The maximum Gasteiger partial charge on any atom is 0.165 e. The molecule has 0 amide bonds. The molecule has 0 saturated heterocycles. The molecule has 1 aliphatic carbocycles. The molecule has 1 aromatic heterocycles. The van der Waals surface area contributed by atoms with Crippen LogP contribution in [-0.2, 0) is 19.4 Å². The van der Waals surface area contributed by atoms with Crippen LogP contribution in [0.15, 0.2) is 28.7 Å². The van der Waals surface area contributed by atoms with Gasteiger partial charge in [0.1, 0.15) is 0 Å². The van der Waals surface area contributed by atoms with Gasteiger partial charge in [0.25, 0.3) is 0 Å². The first kappa shape index (κ1) is 13.3. The van der Waals surface area contributed by atoms with E-state index in [0.29, 0.717) is 12.2 Å². The number of benzene rings is 1. The molecule has 2 aromatic rings. The summed E-state index contributed by atoms with van der Waals surface area (Å²) < 4.78 is 3.51. The third kappa shape index (κ3) is 2.02. The van der Waals surface area contributed by atoms with E-state index in [1.807, 2.05) is 0 Å². The molecule has 2 aliphatic rings. The largest absolute Gasteiger partial charge is 0.344 e. The Bertz CT molecular complexity index is 770. The van der Waals surface area contributed by atoms with E-state index in [1.165, 1.54) is 22.5 Å². The number of ketones is 1. The molecule has 0 N–H and O–H groups in total. The highest BCUT2D eigenvalue weighted by Crippen LogP contribution is 2.41. The van der Waals surface area contributed by atoms with E-state index in [9.17, 15) is 4.79 Å². The van der Waals surface area contributed by atoms with Crippen LogP contribution in [0.5, 0.6) is 0 Å². The van der Waals surface area contributed by atoms with Gasteiger partial charge >= 0.3 is 0 Å². The van der Waals surface area contributed by atoms with E-state index in [-0.39, 0.29) is 5.41 Å². The van der Waals surface area contributed by atoms with Gasteiger partial charge in [0.05, 0.1) is 0 Å². The number of carbonyl (C=O) groups excluding carboxylic acids is 1. The zero-order chi connectivity index (χ0) is 14.8. The van der Waals surface area contributed by atoms with Gasteiger partial charge in [-0.3, -0.25) is 4.79 Å². The number of Topliss-reactive ketones (excluding diaryl/α,β-unsaturated/α-hetero) is 1. The first-order valence-electron chi connectivity index (χ1n) is 7.49. The number of halogens is 1. The smallest absolute Gasteiger partial charge is 0.165 e. The van der Waals surface area contributed by atoms with Crippen LogP contribution in [0.25, 0.3) is 11.3 Å². The Labute approximate surface area is 133 Å². The molecule has 4 rings (SSSR count). The molecular formula is C18H18BrNO. The standard InChI is InChI=1S/C18H18BrNO/c1-18(2)9-16-14(17(21)10-18)8-15-13-4-3-12(19)7-11(13)5-6-20(15)16/h3-4,7-8H,5-6,9-10H2,1-2H3. The average Bonchev–Trinajstić information content (AvgIpc) is 2.76. The lowest BCUT2D eigenvalue weighted by atomic mass is 9.76. The van der Waals surface area contributed by atoms with Crippen LogP contribution < -0.4 is 0 Å². The first-order chi connectivity index (χ1) is 9.94. The highest BCUT2D eigenvalue weighted by molar-refractivity contribution is 9.10. The maximum absolute atomic E-state index is 12.5. The lowest BCUT2D eigenvalue weighted by Crippen LogP contribution is -2.28. The summed E-state index contributed by atoms with van der Waals surface area (Å²) in [7, 11) is 0. The molecule has 0 saturated carbocycles. The predicted octanol–water partition coefficient (Wildman–Crippen LogP) is 4.63. The second kappa shape index (κ2) is 4.33. The second-order valence-corrected chi connectivity index (χ2v) is 7.95. The van der Waals surface area contributed by atoms with Gasteiger partial charge < -0.3 is 4.57 Å². The Morgan fingerprint density at radius 1 is 1.14 bits per heavy atom. The number of fused-ring (bicyclic) bond motifs is 5. The van der Waals surface area contributed by atoms with Crippen molar-refractivity contribution in [2.24, 2.45) is 5.41 Å². The number of nitrogens with zero attached hydrogens (tertiary/aromatic N) is 1. The van der Waals surface area contributed by atoms with Gasteiger partial charge in [-0.2, -0.15) is 0 Å². The fourth-order valence-corrected chi connectivity index (χ4v) is 4.20. The monoisotopic (exact) mass is 343 g/mol. The number of carbonyl (C=O) groups is 1. The molecule has 3 heteroatoms. The van der Waals surface area contributed by atoms with Gasteiger partial charge in [0.2, 0.25) is 0 Å². The molecule has 0 atom stereocenters. The fraction of sp³-hybridized carbons (Fsp3) is 0.389. The van der Waals surface area contributed by atoms with Crippen LogP contribution in [0.1, 0.15) is 41.9 Å². The predicted molar refractivity (Wildman–Crippen MR) is 87.7 cm³/mol. The zero-order valence-electron chi connectivity index (χ0n) is 12.4. The van der Waals surface area contributed by atoms with Crippen molar-refractivity contribution in [3.8, 4) is 11.3 Å². The van der Waals surface area contributed by atoms with Gasteiger partial charge in [0, 0.05) is 40.0 Å². The molecule has 21 heavy (non-hydrogen) atoms. The molecule has 1 aromatic carbocycles. The summed E-state index contributed by atoms with van der Waals surface area (Å²) in [5.41, 5.74) is 6.17. The average molecular weight is 344 g/mol. The van der Waals surface area contributed by atoms with Crippen molar-refractivity contribution in [2.75, 3.05) is 0 Å². The molecule has 2 nitrogen and oxygen atoms in total. The number of aromatic nitrogens is 1. The van der Waals surface area contributed by atoms with Crippen molar-refractivity contribution < 1.29 is 4.79 Å². The Hall–Kier alpha value is -1.35. The van der Waals surface area contributed by atoms with E-state index >= 15 is 0 Å². The minimum atomic E-state index is 0.0825. The first-order valence-corrected chi connectivity index (χ1v) is 8.28. The quantitative estimate of drug-likeness (QED) is 0.683. The SMILES string of the molecule is CC1(C)CC(=O)c2cc3n(c2C1)CCc1cc(Br)ccc1-3. The number of hydrogen-bond donors (Lipinski definition) is 0. The van der Waals surface area contributed by atoms with Crippen molar-refractivity contribution in [1.29, 1.82) is 0 Å². The summed E-state index contributed by atoms with van der Waals surface area (Å²) in [5, 5.41) is 0. The van der Waals surface area contributed by atoms with Crippen LogP contribution in [0.3, 0.4) is 0 Å². The van der Waals surface area contributed by atoms with Crippen LogP contribution in [-0.4, -0.2) is 10.4 Å². The number of aryl methyl sites for hydroxylation is 1. The summed E-state index contributed by atoms with van der Waals surface area (Å²) in [6, 6.07) is 8.59. The fourth-order valence-electron chi connectivity index (χ4n) is 3.80. The van der Waals surface area contributed by atoms with E-state index in [2.05, 4.69) is 58.6 Å². The number of hydrogen-bond acceptors (Lipinski definition) is 1. The van der Waals surface area contributed by atoms with Crippen molar-refractivity contribution in [1.82, 2.24) is 4.57 Å². The summed E-state index contributed by atoms with van der Waals surface area (Å²) >= 11 is 3.55. The molecule has 0 radical (unpaired) electrons. The Morgan fingerprint density at radius 3 is 2.76 bits per heavy atom. The van der Waals surface area contributed by atoms with Crippen molar-refractivity contribution >= 4 is 21.7 Å². The van der Waals surface area contributed by atoms with E-state index in [0.717, 1.165) is 29.4 Å². The Balaban J connectivity index is 1.92.